The molecule has 0 aliphatic carbocycles. The topological polar surface area (TPSA) is 64.6 Å². The fourth-order valence-electron chi connectivity index (χ4n) is 1.92. The second-order valence-corrected chi connectivity index (χ2v) is 7.58. The third kappa shape index (κ3) is 3.10. The molecule has 1 heterocycles. The van der Waals surface area contributed by atoms with Gasteiger partial charge in [0.2, 0.25) is 0 Å². The highest BCUT2D eigenvalue weighted by molar-refractivity contribution is 7.84. The monoisotopic (exact) mass is 277 g/mol. The van der Waals surface area contributed by atoms with E-state index in [1.807, 2.05) is 27.7 Å². The van der Waals surface area contributed by atoms with Crippen LogP contribution in [0.15, 0.2) is 0 Å². The molecule has 1 saturated heterocycles. The summed E-state index contributed by atoms with van der Waals surface area (Å²) in [6, 6.07) is 0. The van der Waals surface area contributed by atoms with Gasteiger partial charge >= 0.3 is 5.97 Å². The summed E-state index contributed by atoms with van der Waals surface area (Å²) in [6.07, 6.45) is 0.629. The highest BCUT2D eigenvalue weighted by Crippen LogP contribution is 2.31. The van der Waals surface area contributed by atoms with Gasteiger partial charge in [-0.1, -0.05) is 6.92 Å². The van der Waals surface area contributed by atoms with Crippen LogP contribution in [0.1, 0.15) is 34.1 Å². The SMILES string of the molecule is CC[C@H](C(=O)OC)C1(N[S@@](=O)C(C)(C)C)COC1. The molecule has 1 rings (SSSR count). The number of ether oxygens (including phenoxy) is 2. The minimum Gasteiger partial charge on any atom is -0.469 e. The zero-order valence-corrected chi connectivity index (χ0v) is 12.6. The van der Waals surface area contributed by atoms with E-state index in [1.54, 1.807) is 0 Å². The van der Waals surface area contributed by atoms with Gasteiger partial charge in [0.15, 0.2) is 0 Å². The lowest BCUT2D eigenvalue weighted by Crippen LogP contribution is -2.68. The number of rotatable bonds is 5. The average molecular weight is 277 g/mol. The second kappa shape index (κ2) is 5.67. The number of esters is 1. The quantitative estimate of drug-likeness (QED) is 0.762. The number of carbonyl (C=O) groups excluding carboxylic acids is 1. The summed E-state index contributed by atoms with van der Waals surface area (Å²) in [5.41, 5.74) is -0.556. The Kier molecular flexibility index (Phi) is 4.91. The van der Waals surface area contributed by atoms with Gasteiger partial charge in [-0.2, -0.15) is 0 Å². The molecule has 1 N–H and O–H groups in total. The third-order valence-corrected chi connectivity index (χ3v) is 4.84. The van der Waals surface area contributed by atoms with E-state index in [-0.39, 0.29) is 16.6 Å². The van der Waals surface area contributed by atoms with Crippen LogP contribution in [-0.4, -0.2) is 40.8 Å². The Morgan fingerprint density at radius 3 is 2.33 bits per heavy atom. The van der Waals surface area contributed by atoms with Crippen LogP contribution in [0, 0.1) is 5.92 Å². The third-order valence-electron chi connectivity index (χ3n) is 3.13. The molecule has 0 radical (unpaired) electrons. The summed E-state index contributed by atoms with van der Waals surface area (Å²) in [4.78, 5) is 11.8. The highest BCUT2D eigenvalue weighted by Gasteiger charge is 2.50. The maximum Gasteiger partial charge on any atom is 0.310 e. The van der Waals surface area contributed by atoms with Gasteiger partial charge in [-0.15, -0.1) is 0 Å². The van der Waals surface area contributed by atoms with E-state index >= 15 is 0 Å². The molecule has 2 atom stereocenters. The van der Waals surface area contributed by atoms with Crippen molar-refractivity contribution in [1.82, 2.24) is 4.72 Å². The summed E-state index contributed by atoms with van der Waals surface area (Å²) < 4.78 is 24.9. The lowest BCUT2D eigenvalue weighted by molar-refractivity contribution is -0.160. The van der Waals surface area contributed by atoms with Gasteiger partial charge in [-0.25, -0.2) is 8.93 Å². The van der Waals surface area contributed by atoms with Gasteiger partial charge in [0.25, 0.3) is 0 Å². The van der Waals surface area contributed by atoms with Crippen molar-refractivity contribution in [2.45, 2.75) is 44.4 Å². The lowest BCUT2D eigenvalue weighted by atomic mass is 9.81. The molecule has 0 aromatic rings. The molecule has 0 spiro atoms. The maximum absolute atomic E-state index is 12.2. The van der Waals surface area contributed by atoms with Crippen LogP contribution in [0.2, 0.25) is 0 Å². The van der Waals surface area contributed by atoms with Gasteiger partial charge in [-0.05, 0) is 27.2 Å². The molecule has 1 aliphatic heterocycles. The Morgan fingerprint density at radius 1 is 1.50 bits per heavy atom. The fraction of sp³-hybridized carbons (Fsp3) is 0.917. The number of nitrogens with one attached hydrogen (secondary N) is 1. The molecule has 0 aromatic carbocycles. The summed E-state index contributed by atoms with van der Waals surface area (Å²) >= 11 is 0. The van der Waals surface area contributed by atoms with Crippen molar-refractivity contribution in [3.8, 4) is 0 Å². The number of hydrogen-bond donors (Lipinski definition) is 1. The van der Waals surface area contributed by atoms with Gasteiger partial charge in [0.05, 0.1) is 47.5 Å². The van der Waals surface area contributed by atoms with E-state index in [0.717, 1.165) is 0 Å². The minimum atomic E-state index is -1.23. The summed E-state index contributed by atoms with van der Waals surface area (Å²) in [7, 11) is 0.140. The minimum absolute atomic E-state index is 0.279. The van der Waals surface area contributed by atoms with Gasteiger partial charge < -0.3 is 9.47 Å². The molecular formula is C12H23NO4S. The fourth-order valence-corrected chi connectivity index (χ4v) is 2.85. The van der Waals surface area contributed by atoms with E-state index in [0.29, 0.717) is 19.6 Å². The highest BCUT2D eigenvalue weighted by atomic mass is 32.2. The van der Waals surface area contributed by atoms with Crippen LogP contribution < -0.4 is 4.72 Å². The van der Waals surface area contributed by atoms with Gasteiger partial charge in [0.1, 0.15) is 0 Å². The van der Waals surface area contributed by atoms with Crippen LogP contribution in [-0.2, 0) is 25.3 Å². The zero-order chi connectivity index (χ0) is 14.0. The van der Waals surface area contributed by atoms with Crippen LogP contribution in [0.4, 0.5) is 0 Å². The van der Waals surface area contributed by atoms with Crippen LogP contribution >= 0.6 is 0 Å². The molecule has 6 heteroatoms. The van der Waals surface area contributed by atoms with Crippen molar-refractivity contribution in [2.75, 3.05) is 20.3 Å². The average Bonchev–Trinajstić information content (AvgIpc) is 2.24. The Labute approximate surface area is 111 Å². The largest absolute Gasteiger partial charge is 0.469 e. The summed E-state index contributed by atoms with van der Waals surface area (Å²) in [5, 5.41) is 0. The van der Waals surface area contributed by atoms with E-state index < -0.39 is 16.5 Å². The Bertz CT molecular complexity index is 333. The molecule has 1 aliphatic rings. The Hall–Kier alpha value is -0.460. The Balaban J connectivity index is 2.85. The first-order chi connectivity index (χ1) is 8.27. The molecule has 5 nitrogen and oxygen atoms in total. The Morgan fingerprint density at radius 2 is 2.06 bits per heavy atom. The number of methoxy groups -OCH3 is 1. The molecular weight excluding hydrogens is 254 g/mol. The predicted octanol–water partition coefficient (Wildman–Crippen LogP) is 1.01. The van der Waals surface area contributed by atoms with Crippen molar-refractivity contribution >= 4 is 17.0 Å². The summed E-state index contributed by atoms with van der Waals surface area (Å²) in [5.74, 6) is -0.609. The molecule has 18 heavy (non-hydrogen) atoms. The molecule has 106 valence electrons. The van der Waals surface area contributed by atoms with Crippen LogP contribution in [0.25, 0.3) is 0 Å². The lowest BCUT2D eigenvalue weighted by Gasteiger charge is -2.46. The van der Waals surface area contributed by atoms with E-state index in [4.69, 9.17) is 9.47 Å². The van der Waals surface area contributed by atoms with Crippen molar-refractivity contribution in [3.05, 3.63) is 0 Å². The molecule has 0 unspecified atom stereocenters. The van der Waals surface area contributed by atoms with Crippen molar-refractivity contribution in [2.24, 2.45) is 5.92 Å². The molecule has 0 saturated carbocycles. The van der Waals surface area contributed by atoms with Gasteiger partial charge in [-0.3, -0.25) is 4.79 Å². The first-order valence-electron chi connectivity index (χ1n) is 6.12. The van der Waals surface area contributed by atoms with Crippen LogP contribution in [0.5, 0.6) is 0 Å². The first kappa shape index (κ1) is 15.6. The van der Waals surface area contributed by atoms with Crippen molar-refractivity contribution < 1.29 is 18.5 Å². The molecule has 0 amide bonds. The predicted molar refractivity (Wildman–Crippen MR) is 70.4 cm³/mol. The molecule has 0 bridgehead atoms. The summed E-state index contributed by atoms with van der Waals surface area (Å²) in [6.45, 7) is 8.38. The smallest absolute Gasteiger partial charge is 0.310 e. The zero-order valence-electron chi connectivity index (χ0n) is 11.7. The molecule has 1 fully saturated rings. The second-order valence-electron chi connectivity index (χ2n) is 5.62. The molecule has 0 aromatic heterocycles. The van der Waals surface area contributed by atoms with Crippen molar-refractivity contribution in [1.29, 1.82) is 0 Å². The van der Waals surface area contributed by atoms with E-state index in [2.05, 4.69) is 4.72 Å². The van der Waals surface area contributed by atoms with E-state index in [1.165, 1.54) is 7.11 Å². The standard InChI is InChI=1S/C12H23NO4S/c1-6-9(10(14)16-5)12(7-17-8-12)13-18(15)11(2,3)4/h9,13H,6-8H2,1-5H3/t9-,18+/m1/s1. The van der Waals surface area contributed by atoms with Crippen molar-refractivity contribution in [3.63, 3.8) is 0 Å². The number of hydrogen-bond acceptors (Lipinski definition) is 4. The van der Waals surface area contributed by atoms with Gasteiger partial charge in [0, 0.05) is 0 Å². The number of carbonyl (C=O) groups is 1. The van der Waals surface area contributed by atoms with Crippen LogP contribution in [0.3, 0.4) is 0 Å². The van der Waals surface area contributed by atoms with E-state index in [9.17, 15) is 9.00 Å². The normalized spacial score (nSPS) is 21.8. The first-order valence-corrected chi connectivity index (χ1v) is 7.27. The maximum atomic E-state index is 12.2.